The molecule has 0 spiro atoms. The molecule has 1 aromatic heterocycles. The summed E-state index contributed by atoms with van der Waals surface area (Å²) in [4.78, 5) is 4.70. The molecule has 0 unspecified atom stereocenters. The highest BCUT2D eigenvalue weighted by molar-refractivity contribution is 5.74. The van der Waals surface area contributed by atoms with E-state index in [9.17, 15) is 0 Å². The fraction of sp³-hybridized carbons (Fsp3) is 0.316. The third-order valence-corrected chi connectivity index (χ3v) is 3.81. The van der Waals surface area contributed by atoms with E-state index in [1.54, 1.807) is 0 Å². The first-order valence-electron chi connectivity index (χ1n) is 7.62. The predicted octanol–water partition coefficient (Wildman–Crippen LogP) is 4.50. The molecule has 0 aliphatic carbocycles. The summed E-state index contributed by atoms with van der Waals surface area (Å²) in [5.74, 6) is 0. The zero-order chi connectivity index (χ0) is 15.4. The molecule has 0 fully saturated rings. The highest BCUT2D eigenvalue weighted by atomic mass is 14.8. The van der Waals surface area contributed by atoms with Crippen LogP contribution in [0.15, 0.2) is 36.9 Å². The first kappa shape index (κ1) is 15.3. The summed E-state index contributed by atoms with van der Waals surface area (Å²) in [7, 11) is 0. The number of pyridine rings is 1. The van der Waals surface area contributed by atoms with E-state index in [2.05, 4.69) is 57.7 Å². The Morgan fingerprint density at radius 2 is 1.90 bits per heavy atom. The Bertz CT molecular complexity index is 657. The van der Waals surface area contributed by atoms with Gasteiger partial charge in [0.25, 0.3) is 0 Å². The molecular weight excluding hydrogens is 256 g/mol. The van der Waals surface area contributed by atoms with Gasteiger partial charge in [-0.2, -0.15) is 0 Å². The molecule has 2 aromatic rings. The molecule has 0 saturated carbocycles. The van der Waals surface area contributed by atoms with Crippen LogP contribution in [0.1, 0.15) is 42.8 Å². The van der Waals surface area contributed by atoms with E-state index in [-0.39, 0.29) is 0 Å². The minimum atomic E-state index is 0.530. The van der Waals surface area contributed by atoms with Crippen LogP contribution in [-0.4, -0.2) is 4.98 Å². The summed E-state index contributed by atoms with van der Waals surface area (Å²) in [5, 5.41) is 0. The molecule has 21 heavy (non-hydrogen) atoms. The molecule has 0 radical (unpaired) electrons. The van der Waals surface area contributed by atoms with Gasteiger partial charge in [-0.1, -0.05) is 51.1 Å². The Morgan fingerprint density at radius 1 is 1.19 bits per heavy atom. The van der Waals surface area contributed by atoms with E-state index in [0.29, 0.717) is 5.70 Å². The fourth-order valence-electron chi connectivity index (χ4n) is 2.73. The van der Waals surface area contributed by atoms with E-state index in [0.717, 1.165) is 30.7 Å². The zero-order valence-electron chi connectivity index (χ0n) is 13.2. The Hall–Kier alpha value is -2.09. The average Bonchev–Trinajstić information content (AvgIpc) is 2.48. The molecule has 0 amide bonds. The van der Waals surface area contributed by atoms with Crippen LogP contribution in [0.25, 0.3) is 16.8 Å². The van der Waals surface area contributed by atoms with Gasteiger partial charge in [0.2, 0.25) is 0 Å². The number of nitrogens with zero attached hydrogens (tertiary/aromatic N) is 1. The maximum absolute atomic E-state index is 5.89. The van der Waals surface area contributed by atoms with Crippen LogP contribution < -0.4 is 5.73 Å². The van der Waals surface area contributed by atoms with Crippen molar-refractivity contribution >= 4 is 5.70 Å². The van der Waals surface area contributed by atoms with Gasteiger partial charge in [0, 0.05) is 5.69 Å². The lowest BCUT2D eigenvalue weighted by atomic mass is 9.91. The molecule has 2 rings (SSSR count). The molecule has 2 N–H and O–H groups in total. The molecule has 1 heterocycles. The van der Waals surface area contributed by atoms with Gasteiger partial charge in [-0.05, 0) is 48.1 Å². The van der Waals surface area contributed by atoms with E-state index in [4.69, 9.17) is 10.7 Å². The molecule has 2 nitrogen and oxygen atoms in total. The third kappa shape index (κ3) is 3.15. The minimum Gasteiger partial charge on any atom is -0.397 e. The van der Waals surface area contributed by atoms with Gasteiger partial charge in [0.15, 0.2) is 0 Å². The maximum Gasteiger partial charge on any atom is 0.0862 e. The summed E-state index contributed by atoms with van der Waals surface area (Å²) < 4.78 is 0. The van der Waals surface area contributed by atoms with Crippen molar-refractivity contribution in [3.63, 3.8) is 0 Å². The van der Waals surface area contributed by atoms with E-state index in [1.807, 2.05) is 0 Å². The molecule has 0 aliphatic rings. The number of hydrogen-bond acceptors (Lipinski definition) is 2. The van der Waals surface area contributed by atoms with Crippen LogP contribution in [0.2, 0.25) is 0 Å². The van der Waals surface area contributed by atoms with Crippen LogP contribution in [0.4, 0.5) is 0 Å². The van der Waals surface area contributed by atoms with Crippen LogP contribution >= 0.6 is 0 Å². The number of rotatable bonds is 5. The zero-order valence-corrected chi connectivity index (χ0v) is 13.2. The second-order valence-corrected chi connectivity index (χ2v) is 5.42. The van der Waals surface area contributed by atoms with Gasteiger partial charge in [0.05, 0.1) is 11.4 Å². The van der Waals surface area contributed by atoms with Gasteiger partial charge in [-0.25, -0.2) is 0 Å². The number of hydrogen-bond donors (Lipinski definition) is 1. The van der Waals surface area contributed by atoms with Gasteiger partial charge in [-0.15, -0.1) is 0 Å². The molecule has 0 bridgehead atoms. The molecule has 0 atom stereocenters. The topological polar surface area (TPSA) is 38.9 Å². The third-order valence-electron chi connectivity index (χ3n) is 3.81. The molecule has 1 aromatic carbocycles. The van der Waals surface area contributed by atoms with Crippen LogP contribution in [0, 0.1) is 6.92 Å². The lowest BCUT2D eigenvalue weighted by molar-refractivity contribution is 0.875. The Balaban J connectivity index is 2.74. The van der Waals surface area contributed by atoms with Crippen molar-refractivity contribution < 1.29 is 0 Å². The maximum atomic E-state index is 5.89. The van der Waals surface area contributed by atoms with Gasteiger partial charge < -0.3 is 5.73 Å². The highest BCUT2D eigenvalue weighted by Gasteiger charge is 2.14. The van der Waals surface area contributed by atoms with Crippen molar-refractivity contribution in [1.29, 1.82) is 0 Å². The van der Waals surface area contributed by atoms with Crippen molar-refractivity contribution in [1.82, 2.24) is 4.98 Å². The summed E-state index contributed by atoms with van der Waals surface area (Å²) in [6.45, 7) is 10.3. The van der Waals surface area contributed by atoms with Crippen molar-refractivity contribution in [2.45, 2.75) is 40.0 Å². The van der Waals surface area contributed by atoms with Crippen molar-refractivity contribution in [3.05, 3.63) is 59.4 Å². The first-order valence-corrected chi connectivity index (χ1v) is 7.62. The monoisotopic (exact) mass is 280 g/mol. The van der Waals surface area contributed by atoms with Gasteiger partial charge in [-0.3, -0.25) is 4.98 Å². The summed E-state index contributed by atoms with van der Waals surface area (Å²) in [5.41, 5.74) is 13.5. The number of aryl methyl sites for hydroxylation is 2. The average molecular weight is 280 g/mol. The van der Waals surface area contributed by atoms with Crippen LogP contribution in [0.5, 0.6) is 0 Å². The SMILES string of the molecule is C=C(N)c1cc(-c2ccccc2C)c(CCC)c(CC)n1. The van der Waals surface area contributed by atoms with E-state index < -0.39 is 0 Å². The van der Waals surface area contributed by atoms with Crippen molar-refractivity contribution in [2.75, 3.05) is 0 Å². The number of benzene rings is 1. The normalized spacial score (nSPS) is 10.6. The molecular formula is C19H24N2. The first-order chi connectivity index (χ1) is 10.1. The van der Waals surface area contributed by atoms with Crippen molar-refractivity contribution in [3.8, 4) is 11.1 Å². The lowest BCUT2D eigenvalue weighted by Crippen LogP contribution is -2.06. The quantitative estimate of drug-likeness (QED) is 0.875. The largest absolute Gasteiger partial charge is 0.397 e. The Labute approximate surface area is 127 Å². The van der Waals surface area contributed by atoms with Crippen molar-refractivity contribution in [2.24, 2.45) is 5.73 Å². The van der Waals surface area contributed by atoms with E-state index in [1.165, 1.54) is 22.3 Å². The van der Waals surface area contributed by atoms with Gasteiger partial charge >= 0.3 is 0 Å². The fourth-order valence-corrected chi connectivity index (χ4v) is 2.73. The number of nitrogens with two attached hydrogens (primary N) is 1. The second kappa shape index (κ2) is 6.57. The predicted molar refractivity (Wildman–Crippen MR) is 91.0 cm³/mol. The summed E-state index contributed by atoms with van der Waals surface area (Å²) in [6.07, 6.45) is 3.06. The van der Waals surface area contributed by atoms with Crippen LogP contribution in [-0.2, 0) is 12.8 Å². The molecule has 2 heteroatoms. The lowest BCUT2D eigenvalue weighted by Gasteiger charge is -2.17. The molecule has 0 saturated heterocycles. The smallest absolute Gasteiger partial charge is 0.0862 e. The Kier molecular flexibility index (Phi) is 4.79. The second-order valence-electron chi connectivity index (χ2n) is 5.42. The minimum absolute atomic E-state index is 0.530. The van der Waals surface area contributed by atoms with E-state index >= 15 is 0 Å². The Morgan fingerprint density at radius 3 is 2.48 bits per heavy atom. The standard InChI is InChI=1S/C19H24N2/c1-5-9-16-17(15-11-8-7-10-13(15)3)12-19(14(4)20)21-18(16)6-2/h7-8,10-12H,4-6,9,20H2,1-3H3. The van der Waals surface area contributed by atoms with Crippen LogP contribution in [0.3, 0.4) is 0 Å². The molecule has 0 aliphatic heterocycles. The molecule has 110 valence electrons. The summed E-state index contributed by atoms with van der Waals surface area (Å²) >= 11 is 0. The summed E-state index contributed by atoms with van der Waals surface area (Å²) in [6, 6.07) is 10.6. The highest BCUT2D eigenvalue weighted by Crippen LogP contribution is 2.31. The number of aromatic nitrogens is 1. The van der Waals surface area contributed by atoms with Gasteiger partial charge in [0.1, 0.15) is 0 Å².